The first kappa shape index (κ1) is 22.7. The maximum absolute atomic E-state index is 12.5. The van der Waals surface area contributed by atoms with Gasteiger partial charge in [-0.3, -0.25) is 5.32 Å². The molecule has 0 bridgehead atoms. The molecule has 8 heteroatoms. The Kier molecular flexibility index (Phi) is 9.96. The number of nitrogens with one attached hydrogen (secondary N) is 1. The highest BCUT2D eigenvalue weighted by Gasteiger charge is 2.50. The molecule has 0 fully saturated rings. The summed E-state index contributed by atoms with van der Waals surface area (Å²) in [7, 11) is 0. The van der Waals surface area contributed by atoms with Crippen LogP contribution in [0.1, 0.15) is 53.9 Å². The summed E-state index contributed by atoms with van der Waals surface area (Å²) in [4.78, 5) is 37.1. The fourth-order valence-corrected chi connectivity index (χ4v) is 2.32. The number of ether oxygens (including phenoxy) is 3. The van der Waals surface area contributed by atoms with Gasteiger partial charge in [-0.2, -0.15) is 0 Å². The van der Waals surface area contributed by atoms with Crippen LogP contribution >= 0.6 is 15.9 Å². The Morgan fingerprint density at radius 3 is 1.83 bits per heavy atom. The van der Waals surface area contributed by atoms with Crippen LogP contribution in [0.25, 0.3) is 0 Å². The zero-order chi connectivity index (χ0) is 18.8. The van der Waals surface area contributed by atoms with Crippen LogP contribution in [0.2, 0.25) is 0 Å². The van der Waals surface area contributed by atoms with Gasteiger partial charge in [-0.25, -0.2) is 14.4 Å². The fourth-order valence-electron chi connectivity index (χ4n) is 1.92. The number of hydrogen-bond donors (Lipinski definition) is 1. The van der Waals surface area contributed by atoms with Crippen LogP contribution in [0, 0.1) is 0 Å². The molecule has 0 aromatic carbocycles. The Balaban J connectivity index is 5.56. The van der Waals surface area contributed by atoms with Gasteiger partial charge in [-0.05, 0) is 53.9 Å². The molecule has 0 saturated heterocycles. The van der Waals surface area contributed by atoms with Crippen molar-refractivity contribution in [2.24, 2.45) is 0 Å². The number of esters is 2. The highest BCUT2D eigenvalue weighted by atomic mass is 79.9. The van der Waals surface area contributed by atoms with Crippen molar-refractivity contribution in [2.45, 2.75) is 65.0 Å². The third-order valence-corrected chi connectivity index (χ3v) is 3.46. The third kappa shape index (κ3) is 7.51. The molecule has 0 rings (SSSR count). The van der Waals surface area contributed by atoms with Crippen LogP contribution in [0.3, 0.4) is 0 Å². The van der Waals surface area contributed by atoms with Gasteiger partial charge in [0.2, 0.25) is 5.54 Å². The second-order valence-electron chi connectivity index (χ2n) is 6.12. The quantitative estimate of drug-likeness (QED) is 0.207. The van der Waals surface area contributed by atoms with E-state index in [1.54, 1.807) is 34.6 Å². The molecule has 1 N–H and O–H groups in total. The Morgan fingerprint density at radius 2 is 1.46 bits per heavy atom. The lowest BCUT2D eigenvalue weighted by molar-refractivity contribution is -0.166. The Hall–Kier alpha value is -1.31. The summed E-state index contributed by atoms with van der Waals surface area (Å²) in [6, 6.07) is 0. The molecule has 0 atom stereocenters. The van der Waals surface area contributed by atoms with Crippen molar-refractivity contribution < 1.29 is 28.6 Å². The largest absolute Gasteiger partial charge is 0.464 e. The van der Waals surface area contributed by atoms with Crippen LogP contribution in [0.15, 0.2) is 0 Å². The van der Waals surface area contributed by atoms with E-state index in [4.69, 9.17) is 14.2 Å². The van der Waals surface area contributed by atoms with Gasteiger partial charge in [0.25, 0.3) is 0 Å². The van der Waals surface area contributed by atoms with Gasteiger partial charge in [0.1, 0.15) is 5.60 Å². The number of rotatable bonds is 9. The maximum atomic E-state index is 12.5. The number of amides is 1. The van der Waals surface area contributed by atoms with Gasteiger partial charge in [0, 0.05) is 5.33 Å². The van der Waals surface area contributed by atoms with Crippen molar-refractivity contribution >= 4 is 34.0 Å². The molecule has 0 aromatic rings. The fraction of sp³-hybridized carbons (Fsp3) is 0.812. The summed E-state index contributed by atoms with van der Waals surface area (Å²) >= 11 is 3.30. The standard InChI is InChI=1S/C16H28BrNO6/c1-6-22-12(19)16(10-8-9-11-17,13(20)23-7-2)18-14(21)24-15(3,4)5/h6-11H2,1-5H3,(H,18,21). The summed E-state index contributed by atoms with van der Waals surface area (Å²) in [6.07, 6.45) is 0.424. The second-order valence-corrected chi connectivity index (χ2v) is 6.91. The molecule has 24 heavy (non-hydrogen) atoms. The van der Waals surface area contributed by atoms with Crippen molar-refractivity contribution in [2.75, 3.05) is 18.5 Å². The van der Waals surface area contributed by atoms with Gasteiger partial charge in [0.15, 0.2) is 0 Å². The summed E-state index contributed by atoms with van der Waals surface area (Å²) in [5, 5.41) is 3.10. The predicted octanol–water partition coefficient (Wildman–Crippen LogP) is 2.94. The normalized spacial score (nSPS) is 11.6. The smallest absolute Gasteiger partial charge is 0.409 e. The van der Waals surface area contributed by atoms with Crippen LogP contribution in [-0.4, -0.2) is 47.7 Å². The number of alkyl halides is 1. The van der Waals surface area contributed by atoms with Crippen molar-refractivity contribution in [3.8, 4) is 0 Å². The SMILES string of the molecule is CCOC(=O)C(CCCCBr)(NC(=O)OC(C)(C)C)C(=O)OCC. The minimum atomic E-state index is -1.91. The highest BCUT2D eigenvalue weighted by Crippen LogP contribution is 2.21. The molecule has 140 valence electrons. The molecule has 0 aromatic heterocycles. The lowest BCUT2D eigenvalue weighted by Crippen LogP contribution is -2.62. The van der Waals surface area contributed by atoms with E-state index in [0.717, 1.165) is 6.42 Å². The summed E-state index contributed by atoms with van der Waals surface area (Å²) in [5.74, 6) is -1.69. The van der Waals surface area contributed by atoms with Crippen molar-refractivity contribution in [3.05, 3.63) is 0 Å². The van der Waals surface area contributed by atoms with Crippen LogP contribution in [0.5, 0.6) is 0 Å². The Bertz CT molecular complexity index is 415. The first-order chi connectivity index (χ1) is 11.1. The Morgan fingerprint density at radius 1 is 0.958 bits per heavy atom. The molecule has 0 unspecified atom stereocenters. The highest BCUT2D eigenvalue weighted by molar-refractivity contribution is 9.09. The van der Waals surface area contributed by atoms with Gasteiger partial charge >= 0.3 is 18.0 Å². The maximum Gasteiger partial charge on any atom is 0.409 e. The van der Waals surface area contributed by atoms with Crippen LogP contribution in [0.4, 0.5) is 4.79 Å². The number of hydrogen-bond acceptors (Lipinski definition) is 6. The molecule has 0 aliphatic heterocycles. The van der Waals surface area contributed by atoms with E-state index in [1.807, 2.05) is 0 Å². The number of alkyl carbamates (subject to hydrolysis) is 1. The monoisotopic (exact) mass is 409 g/mol. The first-order valence-electron chi connectivity index (χ1n) is 8.04. The molecule has 0 saturated carbocycles. The molecular weight excluding hydrogens is 382 g/mol. The van der Waals surface area contributed by atoms with Gasteiger partial charge in [-0.15, -0.1) is 0 Å². The van der Waals surface area contributed by atoms with Gasteiger partial charge in [0.05, 0.1) is 13.2 Å². The zero-order valence-electron chi connectivity index (χ0n) is 15.1. The average Bonchev–Trinajstić information content (AvgIpc) is 2.44. The molecule has 7 nitrogen and oxygen atoms in total. The van der Waals surface area contributed by atoms with Crippen molar-refractivity contribution in [1.29, 1.82) is 0 Å². The van der Waals surface area contributed by atoms with Crippen molar-refractivity contribution in [1.82, 2.24) is 5.32 Å². The molecule has 0 spiro atoms. The molecule has 0 heterocycles. The molecular formula is C16H28BrNO6. The first-order valence-corrected chi connectivity index (χ1v) is 9.16. The lowest BCUT2D eigenvalue weighted by Gasteiger charge is -2.31. The number of carbonyl (C=O) groups is 3. The molecule has 1 amide bonds. The van der Waals surface area contributed by atoms with Crippen LogP contribution in [-0.2, 0) is 23.8 Å². The summed E-state index contributed by atoms with van der Waals surface area (Å²) in [5.41, 5.74) is -2.68. The minimum absolute atomic E-state index is 0.0650. The number of unbranched alkanes of at least 4 members (excludes halogenated alkanes) is 1. The third-order valence-electron chi connectivity index (χ3n) is 2.90. The lowest BCUT2D eigenvalue weighted by atomic mass is 9.92. The Labute approximate surface area is 151 Å². The minimum Gasteiger partial charge on any atom is -0.464 e. The molecule has 0 aliphatic rings. The van der Waals surface area contributed by atoms with Gasteiger partial charge < -0.3 is 14.2 Å². The molecule has 0 aliphatic carbocycles. The topological polar surface area (TPSA) is 90.9 Å². The van der Waals surface area contributed by atoms with E-state index in [-0.39, 0.29) is 19.6 Å². The van der Waals surface area contributed by atoms with E-state index in [2.05, 4.69) is 21.2 Å². The molecule has 0 radical (unpaired) electrons. The van der Waals surface area contributed by atoms with Crippen LogP contribution < -0.4 is 5.32 Å². The van der Waals surface area contributed by atoms with E-state index < -0.39 is 29.2 Å². The number of halogens is 1. The zero-order valence-corrected chi connectivity index (χ0v) is 16.7. The van der Waals surface area contributed by atoms with E-state index >= 15 is 0 Å². The predicted molar refractivity (Wildman–Crippen MR) is 93.0 cm³/mol. The second kappa shape index (κ2) is 10.5. The van der Waals surface area contributed by atoms with E-state index in [1.165, 1.54) is 0 Å². The van der Waals surface area contributed by atoms with Gasteiger partial charge in [-0.1, -0.05) is 15.9 Å². The van der Waals surface area contributed by atoms with E-state index in [9.17, 15) is 14.4 Å². The number of carbonyl (C=O) groups excluding carboxylic acids is 3. The average molecular weight is 410 g/mol. The summed E-state index contributed by atoms with van der Waals surface area (Å²) < 4.78 is 15.2. The summed E-state index contributed by atoms with van der Waals surface area (Å²) in [6.45, 7) is 8.47. The van der Waals surface area contributed by atoms with Crippen molar-refractivity contribution in [3.63, 3.8) is 0 Å². The van der Waals surface area contributed by atoms with E-state index in [0.29, 0.717) is 11.8 Å².